The van der Waals surface area contributed by atoms with Gasteiger partial charge in [-0.2, -0.15) is 4.31 Å². The standard InChI is InChI=1S/C13H16ClFN2O4S/c1-2-21-13(18)16-5-7-17(8-6-16)22(19,20)12-9-10(14)3-4-11(12)15/h3-4,9H,2,5-8H2,1H3. The molecule has 0 aromatic heterocycles. The van der Waals surface area contributed by atoms with Crippen molar-refractivity contribution in [2.45, 2.75) is 11.8 Å². The molecule has 0 atom stereocenters. The minimum Gasteiger partial charge on any atom is -0.450 e. The first kappa shape index (κ1) is 17.0. The number of rotatable bonds is 3. The summed E-state index contributed by atoms with van der Waals surface area (Å²) in [4.78, 5) is 12.5. The number of piperazine rings is 1. The summed E-state index contributed by atoms with van der Waals surface area (Å²) in [6.45, 7) is 2.49. The van der Waals surface area contributed by atoms with Crippen molar-refractivity contribution in [1.82, 2.24) is 9.21 Å². The Morgan fingerprint density at radius 2 is 1.95 bits per heavy atom. The molecule has 0 saturated carbocycles. The van der Waals surface area contributed by atoms with Crippen LogP contribution < -0.4 is 0 Å². The van der Waals surface area contributed by atoms with E-state index in [4.69, 9.17) is 16.3 Å². The first-order valence-electron chi connectivity index (χ1n) is 6.73. The summed E-state index contributed by atoms with van der Waals surface area (Å²) in [5, 5.41) is 0.144. The van der Waals surface area contributed by atoms with Gasteiger partial charge in [0.25, 0.3) is 0 Å². The maximum Gasteiger partial charge on any atom is 0.409 e. The van der Waals surface area contributed by atoms with Crippen LogP contribution in [-0.4, -0.2) is 56.5 Å². The van der Waals surface area contributed by atoms with E-state index in [0.29, 0.717) is 0 Å². The molecule has 22 heavy (non-hydrogen) atoms. The number of hydrogen-bond acceptors (Lipinski definition) is 4. The number of ether oxygens (including phenoxy) is 1. The van der Waals surface area contributed by atoms with E-state index >= 15 is 0 Å². The summed E-state index contributed by atoms with van der Waals surface area (Å²) in [7, 11) is -3.98. The molecule has 1 heterocycles. The second-order valence-corrected chi connectivity index (χ2v) is 7.01. The second-order valence-electron chi connectivity index (χ2n) is 4.66. The van der Waals surface area contributed by atoms with E-state index in [1.807, 2.05) is 0 Å². The van der Waals surface area contributed by atoms with Crippen LogP contribution in [0.5, 0.6) is 0 Å². The second kappa shape index (κ2) is 6.80. The Bertz CT molecular complexity index is 660. The Labute approximate surface area is 133 Å². The number of benzene rings is 1. The number of amides is 1. The van der Waals surface area contributed by atoms with Gasteiger partial charge in [-0.1, -0.05) is 11.6 Å². The topological polar surface area (TPSA) is 66.9 Å². The minimum atomic E-state index is -3.98. The molecule has 2 rings (SSSR count). The monoisotopic (exact) mass is 350 g/mol. The molecule has 1 aliphatic heterocycles. The molecule has 1 amide bonds. The average molecular weight is 351 g/mol. The lowest BCUT2D eigenvalue weighted by molar-refractivity contribution is 0.0933. The van der Waals surface area contributed by atoms with Crippen LogP contribution in [0, 0.1) is 5.82 Å². The Morgan fingerprint density at radius 1 is 1.32 bits per heavy atom. The first-order valence-corrected chi connectivity index (χ1v) is 8.55. The number of carbonyl (C=O) groups is 1. The molecule has 6 nitrogen and oxygen atoms in total. The first-order chi connectivity index (χ1) is 10.4. The van der Waals surface area contributed by atoms with Gasteiger partial charge in [0.2, 0.25) is 10.0 Å². The van der Waals surface area contributed by atoms with Gasteiger partial charge in [-0.3, -0.25) is 0 Å². The van der Waals surface area contributed by atoms with Crippen molar-refractivity contribution in [1.29, 1.82) is 0 Å². The summed E-state index contributed by atoms with van der Waals surface area (Å²) in [5.74, 6) is -0.850. The van der Waals surface area contributed by atoms with Crippen LogP contribution in [0.2, 0.25) is 5.02 Å². The zero-order chi connectivity index (χ0) is 16.3. The summed E-state index contributed by atoms with van der Waals surface area (Å²) in [6, 6.07) is 3.39. The Hall–Kier alpha value is -1.38. The summed E-state index contributed by atoms with van der Waals surface area (Å²) < 4.78 is 44.7. The van der Waals surface area contributed by atoms with Crippen LogP contribution in [0.15, 0.2) is 23.1 Å². The largest absolute Gasteiger partial charge is 0.450 e. The predicted molar refractivity (Wildman–Crippen MR) is 78.8 cm³/mol. The SMILES string of the molecule is CCOC(=O)N1CCN(S(=O)(=O)c2cc(Cl)ccc2F)CC1. The fraction of sp³-hybridized carbons (Fsp3) is 0.462. The molecular formula is C13H16ClFN2O4S. The number of halogens is 2. The molecule has 1 aliphatic rings. The van der Waals surface area contributed by atoms with Crippen molar-refractivity contribution in [3.63, 3.8) is 0 Å². The lowest BCUT2D eigenvalue weighted by Gasteiger charge is -2.33. The molecule has 0 spiro atoms. The van der Waals surface area contributed by atoms with Crippen molar-refractivity contribution in [3.8, 4) is 0 Å². The van der Waals surface area contributed by atoms with Crippen molar-refractivity contribution in [2.75, 3.05) is 32.8 Å². The molecule has 122 valence electrons. The van der Waals surface area contributed by atoms with Crippen LogP contribution in [-0.2, 0) is 14.8 Å². The maximum atomic E-state index is 13.8. The van der Waals surface area contributed by atoms with E-state index in [2.05, 4.69) is 0 Å². The van der Waals surface area contributed by atoms with Gasteiger partial charge in [-0.15, -0.1) is 0 Å². The van der Waals surface area contributed by atoms with E-state index in [0.717, 1.165) is 16.4 Å². The van der Waals surface area contributed by atoms with E-state index in [1.165, 1.54) is 11.0 Å². The van der Waals surface area contributed by atoms with E-state index < -0.39 is 26.8 Å². The van der Waals surface area contributed by atoms with Gasteiger partial charge >= 0.3 is 6.09 Å². The third-order valence-corrected chi connectivity index (χ3v) is 5.42. The van der Waals surface area contributed by atoms with Gasteiger partial charge in [-0.25, -0.2) is 17.6 Å². The molecule has 1 aromatic rings. The van der Waals surface area contributed by atoms with Crippen LogP contribution in [0.4, 0.5) is 9.18 Å². The Kier molecular flexibility index (Phi) is 5.25. The van der Waals surface area contributed by atoms with E-state index in [-0.39, 0.29) is 37.8 Å². The van der Waals surface area contributed by atoms with Crippen molar-refractivity contribution in [2.24, 2.45) is 0 Å². The summed E-state index contributed by atoms with van der Waals surface area (Å²) in [6.07, 6.45) is -0.478. The van der Waals surface area contributed by atoms with Gasteiger partial charge in [-0.05, 0) is 25.1 Å². The molecular weight excluding hydrogens is 335 g/mol. The van der Waals surface area contributed by atoms with Crippen molar-refractivity contribution < 1.29 is 22.3 Å². The Balaban J connectivity index is 2.13. The van der Waals surface area contributed by atoms with Crippen LogP contribution in [0.3, 0.4) is 0 Å². The van der Waals surface area contributed by atoms with Crippen molar-refractivity contribution >= 4 is 27.7 Å². The molecule has 0 N–H and O–H groups in total. The van der Waals surface area contributed by atoms with E-state index in [9.17, 15) is 17.6 Å². The molecule has 1 aromatic carbocycles. The Morgan fingerprint density at radius 3 is 2.55 bits per heavy atom. The molecule has 0 radical (unpaired) electrons. The third-order valence-electron chi connectivity index (χ3n) is 3.28. The van der Waals surface area contributed by atoms with Crippen LogP contribution >= 0.6 is 11.6 Å². The van der Waals surface area contributed by atoms with Crippen LogP contribution in [0.25, 0.3) is 0 Å². The maximum absolute atomic E-state index is 13.8. The quantitative estimate of drug-likeness (QED) is 0.835. The third kappa shape index (κ3) is 3.50. The van der Waals surface area contributed by atoms with Gasteiger partial charge in [0.15, 0.2) is 0 Å². The van der Waals surface area contributed by atoms with Gasteiger partial charge in [0.1, 0.15) is 10.7 Å². The highest BCUT2D eigenvalue weighted by molar-refractivity contribution is 7.89. The number of hydrogen-bond donors (Lipinski definition) is 0. The summed E-state index contributed by atoms with van der Waals surface area (Å²) in [5.41, 5.74) is 0. The van der Waals surface area contributed by atoms with Crippen LogP contribution in [0.1, 0.15) is 6.92 Å². The average Bonchev–Trinajstić information content (AvgIpc) is 2.50. The number of nitrogens with zero attached hydrogens (tertiary/aromatic N) is 2. The zero-order valence-corrected chi connectivity index (χ0v) is 13.5. The lowest BCUT2D eigenvalue weighted by Crippen LogP contribution is -2.50. The highest BCUT2D eigenvalue weighted by atomic mass is 35.5. The zero-order valence-electron chi connectivity index (χ0n) is 12.0. The minimum absolute atomic E-state index is 0.0765. The molecule has 0 aliphatic carbocycles. The molecule has 1 fully saturated rings. The summed E-state index contributed by atoms with van der Waals surface area (Å²) >= 11 is 5.74. The molecule has 1 saturated heterocycles. The highest BCUT2D eigenvalue weighted by Crippen LogP contribution is 2.24. The predicted octanol–water partition coefficient (Wildman–Crippen LogP) is 1.94. The van der Waals surface area contributed by atoms with Gasteiger partial charge in [0, 0.05) is 31.2 Å². The number of carbonyl (C=O) groups excluding carboxylic acids is 1. The lowest BCUT2D eigenvalue weighted by atomic mass is 10.3. The fourth-order valence-corrected chi connectivity index (χ4v) is 3.89. The highest BCUT2D eigenvalue weighted by Gasteiger charge is 2.32. The normalized spacial score (nSPS) is 16.6. The fourth-order valence-electron chi connectivity index (χ4n) is 2.14. The smallest absolute Gasteiger partial charge is 0.409 e. The molecule has 0 bridgehead atoms. The van der Waals surface area contributed by atoms with E-state index in [1.54, 1.807) is 6.92 Å². The molecule has 0 unspecified atom stereocenters. The van der Waals surface area contributed by atoms with Gasteiger partial charge in [0.05, 0.1) is 6.61 Å². The van der Waals surface area contributed by atoms with Gasteiger partial charge < -0.3 is 9.64 Å². The van der Waals surface area contributed by atoms with Crippen molar-refractivity contribution in [3.05, 3.63) is 29.0 Å². The molecule has 9 heteroatoms. The number of sulfonamides is 1.